The van der Waals surface area contributed by atoms with Crippen molar-refractivity contribution >= 4 is 28.7 Å². The van der Waals surface area contributed by atoms with Crippen molar-refractivity contribution in [1.29, 1.82) is 5.26 Å². The van der Waals surface area contributed by atoms with Crippen LogP contribution in [0.3, 0.4) is 0 Å². The molecule has 0 atom stereocenters. The molecule has 4 rings (SSSR count). The van der Waals surface area contributed by atoms with Gasteiger partial charge in [0.05, 0.1) is 30.0 Å². The molecule has 4 nitrogen and oxygen atoms in total. The van der Waals surface area contributed by atoms with Crippen molar-refractivity contribution in [3.8, 4) is 11.8 Å². The van der Waals surface area contributed by atoms with Crippen LogP contribution in [0.25, 0.3) is 22.8 Å². The van der Waals surface area contributed by atoms with Gasteiger partial charge in [-0.25, -0.2) is 4.98 Å². The van der Waals surface area contributed by atoms with E-state index in [1.165, 1.54) is 0 Å². The highest BCUT2D eigenvalue weighted by atomic mass is 35.5. The second-order valence-corrected chi connectivity index (χ2v) is 7.67. The van der Waals surface area contributed by atoms with E-state index in [1.54, 1.807) is 6.33 Å². The normalized spacial score (nSPS) is 11.8. The molecule has 0 aliphatic heterocycles. The van der Waals surface area contributed by atoms with Crippen molar-refractivity contribution in [3.05, 3.63) is 88.0 Å². The predicted molar refractivity (Wildman–Crippen MR) is 118 cm³/mol. The zero-order valence-electron chi connectivity index (χ0n) is 16.6. The van der Waals surface area contributed by atoms with Crippen LogP contribution in [0, 0.1) is 32.1 Å². The Bertz CT molecular complexity index is 1280. The summed E-state index contributed by atoms with van der Waals surface area (Å²) >= 11 is 6.24. The summed E-state index contributed by atoms with van der Waals surface area (Å²) in [6, 6.07) is 18.3. The van der Waals surface area contributed by atoms with Gasteiger partial charge in [-0.2, -0.15) is 5.26 Å². The van der Waals surface area contributed by atoms with Gasteiger partial charge in [0.25, 0.3) is 0 Å². The molecule has 0 aliphatic carbocycles. The molecule has 0 aliphatic rings. The number of rotatable bonds is 4. The lowest BCUT2D eigenvalue weighted by Crippen LogP contribution is -2.02. The fourth-order valence-electron chi connectivity index (χ4n) is 3.75. The average molecular weight is 401 g/mol. The number of fused-ring (bicyclic) bond motifs is 1. The largest absolute Gasteiger partial charge is 0.325 e. The second kappa shape index (κ2) is 7.62. The number of halogens is 1. The van der Waals surface area contributed by atoms with Gasteiger partial charge in [-0.15, -0.1) is 0 Å². The van der Waals surface area contributed by atoms with Crippen LogP contribution in [0.4, 0.5) is 0 Å². The van der Waals surface area contributed by atoms with Crippen LogP contribution in [0.1, 0.15) is 22.5 Å². The van der Waals surface area contributed by atoms with Crippen LogP contribution in [0.2, 0.25) is 5.02 Å². The minimum absolute atomic E-state index is 0.483. The summed E-state index contributed by atoms with van der Waals surface area (Å²) in [5.74, 6) is 0. The van der Waals surface area contributed by atoms with E-state index in [0.717, 1.165) is 39.2 Å². The molecule has 2 heterocycles. The Kier molecular flexibility index (Phi) is 5.00. The molecular weight excluding hydrogens is 380 g/mol. The zero-order valence-corrected chi connectivity index (χ0v) is 17.4. The van der Waals surface area contributed by atoms with E-state index in [9.17, 15) is 5.26 Å². The van der Waals surface area contributed by atoms with Crippen LogP contribution in [-0.2, 0) is 6.54 Å². The summed E-state index contributed by atoms with van der Waals surface area (Å²) in [6.45, 7) is 6.70. The van der Waals surface area contributed by atoms with E-state index >= 15 is 0 Å². The highest BCUT2D eigenvalue weighted by molar-refractivity contribution is 6.30. The molecular formula is C24H21ClN4. The first-order valence-corrected chi connectivity index (χ1v) is 9.81. The van der Waals surface area contributed by atoms with Gasteiger partial charge in [0.15, 0.2) is 0 Å². The highest BCUT2D eigenvalue weighted by Gasteiger charge is 2.13. The van der Waals surface area contributed by atoms with Crippen LogP contribution in [0.5, 0.6) is 0 Å². The Morgan fingerprint density at radius 1 is 1.14 bits per heavy atom. The first-order chi connectivity index (χ1) is 14.0. The SMILES string of the molecule is Cc1ccc(Cl)cc1-n1c(C)cc(/C=C(/C#N)Cn2cnc3ccccc32)c1C. The van der Waals surface area contributed by atoms with Crippen molar-refractivity contribution in [2.24, 2.45) is 0 Å². The van der Waals surface area contributed by atoms with E-state index in [4.69, 9.17) is 11.6 Å². The Morgan fingerprint density at radius 3 is 2.72 bits per heavy atom. The number of benzene rings is 2. The number of aromatic nitrogens is 3. The second-order valence-electron chi connectivity index (χ2n) is 7.24. The van der Waals surface area contributed by atoms with Gasteiger partial charge in [-0.3, -0.25) is 0 Å². The van der Waals surface area contributed by atoms with Gasteiger partial charge in [0.1, 0.15) is 0 Å². The Hall–Kier alpha value is -3.29. The standard InChI is InChI=1S/C24H21ClN4/c1-16-8-9-21(25)12-24(16)29-17(2)10-20(18(29)3)11-19(13-26)14-28-15-27-22-6-4-5-7-23(22)28/h4-12,15H,14H2,1-3H3/b19-11-. The topological polar surface area (TPSA) is 46.5 Å². The number of imidazole rings is 1. The van der Waals surface area contributed by atoms with Gasteiger partial charge in [-0.1, -0.05) is 29.8 Å². The molecule has 0 saturated heterocycles. The van der Waals surface area contributed by atoms with E-state index in [1.807, 2.05) is 53.1 Å². The summed E-state index contributed by atoms with van der Waals surface area (Å²) in [4.78, 5) is 4.42. The minimum Gasteiger partial charge on any atom is -0.325 e. The summed E-state index contributed by atoms with van der Waals surface area (Å²) in [5, 5.41) is 10.5. The van der Waals surface area contributed by atoms with Crippen LogP contribution in [-0.4, -0.2) is 14.1 Å². The fourth-order valence-corrected chi connectivity index (χ4v) is 3.92. The number of aryl methyl sites for hydroxylation is 2. The van der Waals surface area contributed by atoms with Crippen LogP contribution < -0.4 is 0 Å². The van der Waals surface area contributed by atoms with Crippen LogP contribution >= 0.6 is 11.6 Å². The smallest absolute Gasteiger partial charge is 0.0966 e. The molecule has 5 heteroatoms. The number of allylic oxidation sites excluding steroid dienone is 1. The quantitative estimate of drug-likeness (QED) is 0.393. The lowest BCUT2D eigenvalue weighted by Gasteiger charge is -2.13. The molecule has 0 bridgehead atoms. The summed E-state index contributed by atoms with van der Waals surface area (Å²) in [5.41, 5.74) is 8.05. The molecule has 0 unspecified atom stereocenters. The van der Waals surface area contributed by atoms with E-state index in [2.05, 4.69) is 42.5 Å². The summed E-state index contributed by atoms with van der Waals surface area (Å²) in [7, 11) is 0. The zero-order chi connectivity index (χ0) is 20.5. The number of hydrogen-bond acceptors (Lipinski definition) is 2. The first kappa shape index (κ1) is 19.0. The number of nitriles is 1. The average Bonchev–Trinajstić information content (AvgIpc) is 3.24. The molecule has 0 fully saturated rings. The molecule has 2 aromatic heterocycles. The maximum atomic E-state index is 9.75. The molecule has 0 N–H and O–H groups in total. The van der Waals surface area contributed by atoms with Crippen molar-refractivity contribution in [3.63, 3.8) is 0 Å². The molecule has 0 amide bonds. The molecule has 0 spiro atoms. The van der Waals surface area contributed by atoms with Crippen molar-refractivity contribution in [1.82, 2.24) is 14.1 Å². The van der Waals surface area contributed by atoms with Gasteiger partial charge in [-0.05, 0) is 68.3 Å². The van der Waals surface area contributed by atoms with Crippen molar-refractivity contribution in [2.75, 3.05) is 0 Å². The lowest BCUT2D eigenvalue weighted by molar-refractivity contribution is 0.830. The highest BCUT2D eigenvalue weighted by Crippen LogP contribution is 2.27. The first-order valence-electron chi connectivity index (χ1n) is 9.44. The van der Waals surface area contributed by atoms with E-state index in [-0.39, 0.29) is 0 Å². The summed E-state index contributed by atoms with van der Waals surface area (Å²) < 4.78 is 4.19. The lowest BCUT2D eigenvalue weighted by atomic mass is 10.1. The third-order valence-electron chi connectivity index (χ3n) is 5.22. The molecule has 2 aromatic carbocycles. The molecule has 0 saturated carbocycles. The molecule has 29 heavy (non-hydrogen) atoms. The van der Waals surface area contributed by atoms with E-state index in [0.29, 0.717) is 17.1 Å². The van der Waals surface area contributed by atoms with Gasteiger partial charge in [0.2, 0.25) is 0 Å². The third kappa shape index (κ3) is 3.57. The van der Waals surface area contributed by atoms with Gasteiger partial charge < -0.3 is 9.13 Å². The maximum absolute atomic E-state index is 9.75. The van der Waals surface area contributed by atoms with Gasteiger partial charge in [0, 0.05) is 27.7 Å². The third-order valence-corrected chi connectivity index (χ3v) is 5.46. The Labute approximate surface area is 175 Å². The van der Waals surface area contributed by atoms with Gasteiger partial charge >= 0.3 is 0 Å². The molecule has 0 radical (unpaired) electrons. The van der Waals surface area contributed by atoms with Crippen molar-refractivity contribution < 1.29 is 0 Å². The predicted octanol–water partition coefficient (Wildman–Crippen LogP) is 6.01. The fraction of sp³-hybridized carbons (Fsp3) is 0.167. The van der Waals surface area contributed by atoms with E-state index < -0.39 is 0 Å². The Balaban J connectivity index is 1.74. The van der Waals surface area contributed by atoms with Crippen LogP contribution in [0.15, 0.2) is 60.4 Å². The maximum Gasteiger partial charge on any atom is 0.0966 e. The number of para-hydroxylation sites is 2. The Morgan fingerprint density at radius 2 is 1.93 bits per heavy atom. The summed E-state index contributed by atoms with van der Waals surface area (Å²) in [6.07, 6.45) is 3.75. The number of nitrogens with zero attached hydrogens (tertiary/aromatic N) is 4. The number of hydrogen-bond donors (Lipinski definition) is 0. The minimum atomic E-state index is 0.483. The monoisotopic (exact) mass is 400 g/mol. The molecule has 4 aromatic rings. The molecule has 144 valence electrons. The van der Waals surface area contributed by atoms with Crippen molar-refractivity contribution in [2.45, 2.75) is 27.3 Å².